The van der Waals surface area contributed by atoms with Gasteiger partial charge in [-0.3, -0.25) is 44.4 Å². The number of nitrogens with one attached hydrogen (secondary N) is 4. The van der Waals surface area contributed by atoms with Crippen LogP contribution in [0, 0.1) is 42.9 Å². The Morgan fingerprint density at radius 1 is 0.551 bits per heavy atom. The number of hydrogen-bond acceptors (Lipinski definition) is 23. The molecule has 666 valence electrons. The van der Waals surface area contributed by atoms with Gasteiger partial charge in [-0.1, -0.05) is 86.3 Å². The highest BCUT2D eigenvalue weighted by molar-refractivity contribution is 7.90. The molecule has 2 saturated heterocycles. The molecule has 8 heterocycles. The van der Waals surface area contributed by atoms with Gasteiger partial charge in [0.15, 0.2) is 0 Å². The van der Waals surface area contributed by atoms with Crippen molar-refractivity contribution in [2.45, 2.75) is 134 Å². The maximum absolute atomic E-state index is 14.0. The molecule has 2 aliphatic carbocycles. The Hall–Kier alpha value is -11.7. The number of ether oxygens (including phenoxy) is 5. The highest BCUT2D eigenvalue weighted by Gasteiger charge is 2.38. The van der Waals surface area contributed by atoms with Crippen LogP contribution in [0.2, 0.25) is 10.0 Å². The first kappa shape index (κ1) is 90.1. The number of Topliss-reactive ketones (excluding diaryl/α,β-unsaturated/α-hetero) is 1. The van der Waals surface area contributed by atoms with Crippen LogP contribution in [0.15, 0.2) is 179 Å². The second-order valence-corrected chi connectivity index (χ2v) is 39.4. The number of hydrogen-bond donors (Lipinski definition) is 4. The number of carbonyl (C=O) groups is 4. The SMILES string of the molecule is CC(=O)CCC[C@@H]1COc2cc(S(=O)(=O)NC(=O)c3ccc(N4CCN(CC5=C(c6ccc(Cl)cc6)CC(C)(C)CC5)CC4)cc3Oc3cnc4[nH]ccc4c3)cc([N+](=O)[O-])c2C1.COC(=O)CCC[C@@H]1COc2cc(S(=O)(=O)NC(=O)c3ccc(N4CCN(CC5=C(c6ccc(Cl)cc6)CC(C)(C)CC5)CC4)cc3Oc3cnc4[nH]ccc4c3)cc([N+](=O)[O-])c2C1. The number of pyridine rings is 2. The first-order chi connectivity index (χ1) is 60.7. The zero-order chi connectivity index (χ0) is 89.6. The third-order valence-corrected chi connectivity index (χ3v) is 27.9. The summed E-state index contributed by atoms with van der Waals surface area (Å²) in [5.41, 5.74) is 11.0. The zero-order valence-electron chi connectivity index (χ0n) is 71.6. The number of benzene rings is 6. The van der Waals surface area contributed by atoms with Gasteiger partial charge in [0.25, 0.3) is 43.2 Å². The highest BCUT2D eigenvalue weighted by atomic mass is 35.5. The minimum absolute atomic E-state index is 0.0498. The van der Waals surface area contributed by atoms with Gasteiger partial charge in [-0.15, -0.1) is 0 Å². The predicted octanol–water partition coefficient (Wildman–Crippen LogP) is 17.8. The van der Waals surface area contributed by atoms with Gasteiger partial charge >= 0.3 is 5.97 Å². The number of ketones is 1. The summed E-state index contributed by atoms with van der Waals surface area (Å²) in [4.78, 5) is 97.6. The van der Waals surface area contributed by atoms with E-state index in [1.54, 1.807) is 48.8 Å². The summed E-state index contributed by atoms with van der Waals surface area (Å²) in [5.74, 6) is -1.46. The molecule has 29 nitrogen and oxygen atoms in total. The van der Waals surface area contributed by atoms with Gasteiger partial charge in [-0.2, -0.15) is 0 Å². The quantitative estimate of drug-likeness (QED) is 0.0201. The van der Waals surface area contributed by atoms with Crippen LogP contribution in [0.3, 0.4) is 0 Å². The Labute approximate surface area is 746 Å². The molecule has 16 rings (SSSR count). The van der Waals surface area contributed by atoms with Crippen molar-refractivity contribution in [2.75, 3.05) is 95.6 Å². The number of fused-ring (bicyclic) bond motifs is 4. The van der Waals surface area contributed by atoms with Crippen LogP contribution in [0.1, 0.15) is 155 Å². The van der Waals surface area contributed by atoms with E-state index in [-0.39, 0.29) is 106 Å². The monoisotopic (exact) mass is 1800 g/mol. The molecule has 0 saturated carbocycles. The Morgan fingerprint density at radius 3 is 1.35 bits per heavy atom. The van der Waals surface area contributed by atoms with E-state index < -0.39 is 62.9 Å². The Balaban J connectivity index is 0.000000196. The van der Waals surface area contributed by atoms with E-state index in [9.17, 15) is 56.2 Å². The number of esters is 1. The maximum Gasteiger partial charge on any atom is 0.305 e. The van der Waals surface area contributed by atoms with Gasteiger partial charge in [0, 0.05) is 159 Å². The first-order valence-electron chi connectivity index (χ1n) is 42.7. The second-order valence-electron chi connectivity index (χ2n) is 35.2. The number of allylic oxidation sites excluding steroid dienone is 2. The molecule has 4 aliphatic heterocycles. The van der Waals surface area contributed by atoms with Gasteiger partial charge in [-0.05, 0) is 202 Å². The third-order valence-electron chi connectivity index (χ3n) is 24.8. The smallest absolute Gasteiger partial charge is 0.305 e. The van der Waals surface area contributed by atoms with Gasteiger partial charge in [0.05, 0.1) is 74.6 Å². The number of H-pyrrole nitrogens is 2. The lowest BCUT2D eigenvalue weighted by atomic mass is 9.72. The largest absolute Gasteiger partial charge is 0.493 e. The van der Waals surface area contributed by atoms with Crippen molar-refractivity contribution in [2.24, 2.45) is 22.7 Å². The third kappa shape index (κ3) is 21.9. The van der Waals surface area contributed by atoms with Crippen molar-refractivity contribution in [3.8, 4) is 34.5 Å². The molecule has 0 spiro atoms. The number of piperazine rings is 2. The van der Waals surface area contributed by atoms with Crippen LogP contribution in [0.5, 0.6) is 34.5 Å². The number of amides is 2. The number of aromatic amines is 2. The van der Waals surface area contributed by atoms with Crippen molar-refractivity contribution in [1.82, 2.24) is 39.2 Å². The number of carbonyl (C=O) groups excluding carboxylic acids is 4. The molecule has 4 aromatic heterocycles. The fourth-order valence-corrected chi connectivity index (χ4v) is 20.0. The number of aromatic nitrogens is 4. The summed E-state index contributed by atoms with van der Waals surface area (Å²) in [6.45, 7) is 19.0. The van der Waals surface area contributed by atoms with E-state index in [2.05, 4.69) is 101 Å². The minimum atomic E-state index is -4.66. The van der Waals surface area contributed by atoms with Crippen LogP contribution in [0.25, 0.3) is 33.2 Å². The lowest BCUT2D eigenvalue weighted by Crippen LogP contribution is -2.47. The van der Waals surface area contributed by atoms with E-state index in [1.807, 2.05) is 36.4 Å². The van der Waals surface area contributed by atoms with Gasteiger partial charge < -0.3 is 48.2 Å². The zero-order valence-corrected chi connectivity index (χ0v) is 74.8. The molecule has 2 atom stereocenters. The van der Waals surface area contributed by atoms with Crippen molar-refractivity contribution in [1.29, 1.82) is 0 Å². The molecule has 0 bridgehead atoms. The molecule has 2 fully saturated rings. The summed E-state index contributed by atoms with van der Waals surface area (Å²) >= 11 is 12.5. The fraction of sp³-hybridized carbons (Fsp3) is 0.383. The average molecular weight is 1810 g/mol. The maximum atomic E-state index is 14.0. The van der Waals surface area contributed by atoms with E-state index >= 15 is 0 Å². The van der Waals surface area contributed by atoms with Gasteiger partial charge in [0.2, 0.25) is 0 Å². The van der Waals surface area contributed by atoms with Crippen LogP contribution in [0.4, 0.5) is 22.7 Å². The highest BCUT2D eigenvalue weighted by Crippen LogP contribution is 2.47. The van der Waals surface area contributed by atoms with E-state index in [4.69, 9.17) is 46.9 Å². The van der Waals surface area contributed by atoms with Gasteiger partial charge in [0.1, 0.15) is 51.6 Å². The Morgan fingerprint density at radius 2 is 0.961 bits per heavy atom. The molecule has 2 amide bonds. The number of anilines is 2. The predicted molar refractivity (Wildman–Crippen MR) is 486 cm³/mol. The molecule has 4 N–H and O–H groups in total. The van der Waals surface area contributed by atoms with E-state index in [0.717, 1.165) is 122 Å². The number of methoxy groups -OCH3 is 1. The van der Waals surface area contributed by atoms with Crippen LogP contribution in [-0.4, -0.2) is 166 Å². The molecule has 0 radical (unpaired) electrons. The number of rotatable bonds is 28. The van der Waals surface area contributed by atoms with Gasteiger partial charge in [-0.25, -0.2) is 36.2 Å². The molecular formula is C94H102Cl2N12O17S2. The fourth-order valence-electron chi connectivity index (χ4n) is 17.7. The summed E-state index contributed by atoms with van der Waals surface area (Å²) in [7, 11) is -7.99. The van der Waals surface area contributed by atoms with Crippen molar-refractivity contribution < 1.29 is 69.5 Å². The average Bonchev–Trinajstić information content (AvgIpc) is 1.54. The summed E-state index contributed by atoms with van der Waals surface area (Å²) in [6, 6.07) is 37.8. The summed E-state index contributed by atoms with van der Waals surface area (Å²) in [5, 5.41) is 27.5. The number of nitro benzene ring substituents is 2. The van der Waals surface area contributed by atoms with Crippen molar-refractivity contribution in [3.63, 3.8) is 0 Å². The Bertz CT molecular complexity index is 6180. The number of sulfonamides is 2. The number of nitro groups is 2. The molecule has 127 heavy (non-hydrogen) atoms. The van der Waals surface area contributed by atoms with Crippen molar-refractivity contribution >= 4 is 123 Å². The standard InChI is InChI=1S/C47H51ClN6O9S.C47H51ClN6O8S/c1-47(2)15-13-33(40(26-47)31-7-9-34(48)10-8-31)28-52-17-19-53(20-18-52)35-11-12-38(43(23-35)63-36-22-32-14-16-49-45(32)50-27-36)46(56)51-64(59,60)37-24-41(54(57)58)39-21-30(29-62-42(39)25-37)5-4-6-44(55)61-3;1-30(55)5-4-6-31-21-40-42(54(57)58)24-38(25-43(40)61-29-31)63(59,60)51-46(56)39-12-11-36(23-44(39)62-37-22-33-14-16-49-45(33)50-27-37)53-19-17-52(18-20-53)28-34-13-15-47(2,3)26-41(34)32-7-9-35(48)10-8-32/h7-12,14,16,22-25,27,30H,4-6,13,15,17-21,26,28-29H2,1-3H3,(H,49,50)(H,51,56);7-12,14,16,22-25,27,31H,4-6,13,15,17-21,26,28-29H2,1-3H3,(H,49,50)(H,51,56)/t30-;31-/m00/s1. The molecule has 33 heteroatoms. The minimum Gasteiger partial charge on any atom is -0.493 e. The summed E-state index contributed by atoms with van der Waals surface area (Å²) < 4.78 is 88.7. The lowest BCUT2D eigenvalue weighted by molar-refractivity contribution is -0.386. The number of nitrogens with zero attached hydrogens (tertiary/aromatic N) is 8. The van der Waals surface area contributed by atoms with Crippen LogP contribution in [-0.2, 0) is 47.2 Å². The molecule has 10 aromatic rings. The van der Waals surface area contributed by atoms with Crippen LogP contribution >= 0.6 is 23.2 Å². The second kappa shape index (κ2) is 38.4. The normalized spacial score (nSPS) is 17.8. The topological polar surface area (TPSA) is 363 Å². The van der Waals surface area contributed by atoms with Crippen molar-refractivity contribution in [3.05, 3.63) is 233 Å². The Kier molecular flexibility index (Phi) is 27.3. The first-order valence-corrected chi connectivity index (χ1v) is 46.4. The van der Waals surface area contributed by atoms with E-state index in [1.165, 1.54) is 84.1 Å². The number of halogens is 2. The molecule has 6 aliphatic rings. The lowest BCUT2D eigenvalue weighted by Gasteiger charge is -2.39. The molecule has 6 aromatic carbocycles. The van der Waals surface area contributed by atoms with E-state index in [0.29, 0.717) is 87.5 Å². The summed E-state index contributed by atoms with van der Waals surface area (Å²) in [6.07, 6.45) is 16.3. The van der Waals surface area contributed by atoms with Crippen LogP contribution < -0.4 is 38.2 Å². The molecular weight excluding hydrogens is 1700 g/mol. The molecule has 0 unspecified atom stereocenters.